The highest BCUT2D eigenvalue weighted by atomic mass is 19.4. The van der Waals surface area contributed by atoms with Crippen molar-refractivity contribution in [3.8, 4) is 0 Å². The number of azo groups is 1. The van der Waals surface area contributed by atoms with Crippen LogP contribution in [-0.2, 0) is 10.7 Å². The lowest BCUT2D eigenvalue weighted by Gasteiger charge is -2.33. The van der Waals surface area contributed by atoms with E-state index in [4.69, 9.17) is 5.11 Å². The Bertz CT molecular complexity index is 1000. The van der Waals surface area contributed by atoms with Crippen molar-refractivity contribution in [3.05, 3.63) is 54.1 Å². The quantitative estimate of drug-likeness (QED) is 0.339. The number of aliphatic carboxylic acids is 1. The number of carboxylic acids is 1. The molecular formula is C19H14F9N3O2. The maximum Gasteiger partial charge on any atom is 0.460 e. The number of benzene rings is 2. The van der Waals surface area contributed by atoms with Gasteiger partial charge in [0.1, 0.15) is 6.54 Å². The Hall–Kier alpha value is -3.32. The van der Waals surface area contributed by atoms with Crippen LogP contribution in [0.25, 0.3) is 0 Å². The van der Waals surface area contributed by atoms with Gasteiger partial charge < -0.3 is 10.0 Å². The zero-order chi connectivity index (χ0) is 25.2. The minimum Gasteiger partial charge on any atom is -0.480 e. The molecule has 0 atom stereocenters. The van der Waals surface area contributed by atoms with Crippen LogP contribution in [0.1, 0.15) is 5.56 Å². The molecule has 180 valence electrons. The highest BCUT2D eigenvalue weighted by Gasteiger charge is 2.81. The van der Waals surface area contributed by atoms with Crippen molar-refractivity contribution in [3.63, 3.8) is 0 Å². The van der Waals surface area contributed by atoms with Crippen molar-refractivity contribution >= 4 is 23.0 Å². The summed E-state index contributed by atoms with van der Waals surface area (Å²) in [5.41, 5.74) is -1.21. The van der Waals surface area contributed by atoms with Crippen molar-refractivity contribution in [1.29, 1.82) is 0 Å². The molecule has 5 nitrogen and oxygen atoms in total. The highest BCUT2D eigenvalue weighted by molar-refractivity contribution is 5.73. The molecule has 0 aliphatic rings. The number of hydrogen-bond acceptors (Lipinski definition) is 4. The van der Waals surface area contributed by atoms with Gasteiger partial charge in [0.05, 0.1) is 11.4 Å². The van der Waals surface area contributed by atoms with E-state index in [1.165, 1.54) is 36.2 Å². The Kier molecular flexibility index (Phi) is 7.00. The third kappa shape index (κ3) is 5.20. The van der Waals surface area contributed by atoms with Crippen LogP contribution < -0.4 is 4.90 Å². The SMILES string of the molecule is CN(CC(=O)O)c1ccc(N=Nc2ccc(C(F)(F)C(F)(F)C(F)(F)C(F)(F)F)cc2)cc1. The first kappa shape index (κ1) is 25.9. The standard InChI is InChI=1S/C19H14F9N3O2/c1-31(10-15(32)33)14-8-6-13(7-9-14)30-29-12-4-2-11(3-5-12)16(20,21)17(22,23)18(24,25)19(26,27)28/h2-9H,10H2,1H3,(H,32,33). The van der Waals surface area contributed by atoms with Gasteiger partial charge in [-0.15, -0.1) is 0 Å². The fourth-order valence-corrected chi connectivity index (χ4v) is 2.48. The van der Waals surface area contributed by atoms with Gasteiger partial charge in [0.2, 0.25) is 0 Å². The van der Waals surface area contributed by atoms with E-state index < -0.39 is 35.5 Å². The van der Waals surface area contributed by atoms with E-state index in [2.05, 4.69) is 10.2 Å². The van der Waals surface area contributed by atoms with Gasteiger partial charge in [-0.25, -0.2) is 0 Å². The fraction of sp³-hybridized carbons (Fsp3) is 0.316. The second-order valence-corrected chi connectivity index (χ2v) is 6.73. The number of rotatable bonds is 8. The van der Waals surface area contributed by atoms with Gasteiger partial charge in [0, 0.05) is 18.3 Å². The molecule has 33 heavy (non-hydrogen) atoms. The van der Waals surface area contributed by atoms with Crippen LogP contribution >= 0.6 is 0 Å². The largest absolute Gasteiger partial charge is 0.480 e. The van der Waals surface area contributed by atoms with Crippen LogP contribution in [0.15, 0.2) is 58.8 Å². The van der Waals surface area contributed by atoms with Crippen LogP contribution in [0.4, 0.5) is 56.6 Å². The molecule has 0 bridgehead atoms. The number of likely N-dealkylation sites (N-methyl/N-ethyl adjacent to an activating group) is 1. The smallest absolute Gasteiger partial charge is 0.460 e. The van der Waals surface area contributed by atoms with Gasteiger partial charge in [0.25, 0.3) is 0 Å². The molecule has 0 spiro atoms. The van der Waals surface area contributed by atoms with Crippen molar-refractivity contribution in [2.24, 2.45) is 10.2 Å². The first-order chi connectivity index (χ1) is 15.0. The molecule has 14 heteroatoms. The first-order valence-electron chi connectivity index (χ1n) is 8.76. The van der Waals surface area contributed by atoms with Gasteiger partial charge in [-0.2, -0.15) is 49.7 Å². The molecule has 0 heterocycles. The molecule has 0 saturated heterocycles. The summed E-state index contributed by atoms with van der Waals surface area (Å²) in [6.45, 7) is -0.272. The number of hydrogen-bond donors (Lipinski definition) is 1. The second kappa shape index (κ2) is 8.90. The van der Waals surface area contributed by atoms with Gasteiger partial charge in [-0.05, 0) is 36.4 Å². The van der Waals surface area contributed by atoms with E-state index in [0.29, 0.717) is 17.8 Å². The lowest BCUT2D eigenvalue weighted by molar-refractivity contribution is -0.399. The zero-order valence-corrected chi connectivity index (χ0v) is 16.4. The van der Waals surface area contributed by atoms with Crippen LogP contribution in [0.5, 0.6) is 0 Å². The Labute approximate surface area is 180 Å². The second-order valence-electron chi connectivity index (χ2n) is 6.73. The number of carboxylic acid groups (broad SMARTS) is 1. The molecule has 2 rings (SSSR count). The molecule has 1 N–H and O–H groups in total. The maximum atomic E-state index is 13.9. The molecule has 0 saturated carbocycles. The summed E-state index contributed by atoms with van der Waals surface area (Å²) in [6.07, 6.45) is -6.90. The molecule has 0 fully saturated rings. The molecule has 0 unspecified atom stereocenters. The number of anilines is 1. The summed E-state index contributed by atoms with van der Waals surface area (Å²) in [5.74, 6) is -20.6. The number of carbonyl (C=O) groups is 1. The normalized spacial score (nSPS) is 13.4. The minimum absolute atomic E-state index is 0.187. The van der Waals surface area contributed by atoms with Gasteiger partial charge in [-0.3, -0.25) is 4.79 Å². The van der Waals surface area contributed by atoms with E-state index in [0.717, 1.165) is 0 Å². The Balaban J connectivity index is 2.20. The first-order valence-corrected chi connectivity index (χ1v) is 8.76. The predicted molar refractivity (Wildman–Crippen MR) is 97.8 cm³/mol. The summed E-state index contributed by atoms with van der Waals surface area (Å²) >= 11 is 0. The van der Waals surface area contributed by atoms with E-state index in [1.807, 2.05) is 0 Å². The molecule has 0 amide bonds. The molecule has 0 aliphatic carbocycles. The van der Waals surface area contributed by atoms with Gasteiger partial charge in [-0.1, -0.05) is 12.1 Å². The average molecular weight is 487 g/mol. The van der Waals surface area contributed by atoms with Gasteiger partial charge >= 0.3 is 29.9 Å². The van der Waals surface area contributed by atoms with Crippen molar-refractivity contribution in [2.75, 3.05) is 18.5 Å². The topological polar surface area (TPSA) is 65.3 Å². The van der Waals surface area contributed by atoms with E-state index in [-0.39, 0.29) is 30.1 Å². The summed E-state index contributed by atoms with van der Waals surface area (Å²) in [6, 6.07) is 7.71. The van der Waals surface area contributed by atoms with Crippen LogP contribution in [0.3, 0.4) is 0 Å². The molecule has 2 aromatic rings. The van der Waals surface area contributed by atoms with E-state index in [1.54, 1.807) is 0 Å². The lowest BCUT2D eigenvalue weighted by Crippen LogP contribution is -2.59. The Morgan fingerprint density at radius 1 is 0.788 bits per heavy atom. The highest BCUT2D eigenvalue weighted by Crippen LogP contribution is 2.56. The molecule has 0 aliphatic heterocycles. The summed E-state index contributed by atoms with van der Waals surface area (Å²) in [5, 5.41) is 16.1. The monoisotopic (exact) mass is 487 g/mol. The molecule has 2 aromatic carbocycles. The Morgan fingerprint density at radius 3 is 1.61 bits per heavy atom. The van der Waals surface area contributed by atoms with Crippen molar-refractivity contribution in [1.82, 2.24) is 0 Å². The number of nitrogens with zero attached hydrogens (tertiary/aromatic N) is 3. The number of halogens is 9. The third-order valence-corrected chi connectivity index (χ3v) is 4.32. The lowest BCUT2D eigenvalue weighted by atomic mass is 9.96. The maximum absolute atomic E-state index is 13.9. The fourth-order valence-electron chi connectivity index (χ4n) is 2.48. The van der Waals surface area contributed by atoms with E-state index >= 15 is 0 Å². The summed E-state index contributed by atoms with van der Waals surface area (Å²) in [7, 11) is 1.52. The molecule has 0 radical (unpaired) electrons. The van der Waals surface area contributed by atoms with Crippen LogP contribution in [0.2, 0.25) is 0 Å². The predicted octanol–water partition coefficient (Wildman–Crippen LogP) is 6.55. The summed E-state index contributed by atoms with van der Waals surface area (Å²) < 4.78 is 117. The molecule has 0 aromatic heterocycles. The van der Waals surface area contributed by atoms with E-state index in [9.17, 15) is 44.3 Å². The minimum atomic E-state index is -6.98. The number of alkyl halides is 9. The van der Waals surface area contributed by atoms with Crippen molar-refractivity contribution < 1.29 is 49.4 Å². The summed E-state index contributed by atoms with van der Waals surface area (Å²) in [4.78, 5) is 12.1. The zero-order valence-electron chi connectivity index (χ0n) is 16.4. The average Bonchev–Trinajstić information content (AvgIpc) is 2.71. The third-order valence-electron chi connectivity index (χ3n) is 4.32. The van der Waals surface area contributed by atoms with Crippen molar-refractivity contribution in [2.45, 2.75) is 23.9 Å². The Morgan fingerprint density at radius 2 is 1.21 bits per heavy atom. The van der Waals surface area contributed by atoms with Crippen LogP contribution in [-0.4, -0.2) is 42.7 Å². The van der Waals surface area contributed by atoms with Crippen LogP contribution in [0, 0.1) is 0 Å². The van der Waals surface area contributed by atoms with Gasteiger partial charge in [0.15, 0.2) is 0 Å². The molecular weight excluding hydrogens is 473 g/mol.